The minimum atomic E-state index is 0.221. The van der Waals surface area contributed by atoms with Gasteiger partial charge in [0.2, 0.25) is 0 Å². The third-order valence-corrected chi connectivity index (χ3v) is 1.72. The van der Waals surface area contributed by atoms with Crippen molar-refractivity contribution < 1.29 is 0 Å². The van der Waals surface area contributed by atoms with Crippen LogP contribution in [0.25, 0.3) is 0 Å². The van der Waals surface area contributed by atoms with E-state index in [1.165, 1.54) is 11.8 Å². The molecular weight excluding hydrogens is 120 g/mol. The van der Waals surface area contributed by atoms with Gasteiger partial charge in [-0.25, -0.2) is 0 Å². The number of rotatable bonds is 2. The third-order valence-electron chi connectivity index (χ3n) is 0.572. The van der Waals surface area contributed by atoms with Gasteiger partial charge in [0.1, 0.15) is 0 Å². The van der Waals surface area contributed by atoms with Crippen LogP contribution in [0.4, 0.5) is 0 Å². The SMILES string of the molecule is CC(C)CSC(=N)N. The molecule has 0 saturated carbocycles. The van der Waals surface area contributed by atoms with Gasteiger partial charge in [-0.2, -0.15) is 0 Å². The molecule has 2 nitrogen and oxygen atoms in total. The normalized spacial score (nSPS) is 9.88. The van der Waals surface area contributed by atoms with Crippen LogP contribution in [0.5, 0.6) is 0 Å². The molecule has 0 aromatic rings. The van der Waals surface area contributed by atoms with E-state index in [1.807, 2.05) is 0 Å². The largest absolute Gasteiger partial charge is 0.379 e. The first kappa shape index (κ1) is 7.82. The van der Waals surface area contributed by atoms with Crippen molar-refractivity contribution in [1.82, 2.24) is 0 Å². The van der Waals surface area contributed by atoms with E-state index in [9.17, 15) is 0 Å². The highest BCUT2D eigenvalue weighted by atomic mass is 32.2. The van der Waals surface area contributed by atoms with Crippen molar-refractivity contribution in [2.45, 2.75) is 13.8 Å². The van der Waals surface area contributed by atoms with E-state index in [4.69, 9.17) is 11.1 Å². The van der Waals surface area contributed by atoms with Crippen molar-refractivity contribution >= 4 is 16.9 Å². The Morgan fingerprint density at radius 3 is 2.38 bits per heavy atom. The molecule has 0 aliphatic heterocycles. The second-order valence-corrected chi connectivity index (χ2v) is 3.13. The second-order valence-electron chi connectivity index (χ2n) is 2.07. The van der Waals surface area contributed by atoms with Crippen LogP contribution in [0.3, 0.4) is 0 Å². The maximum Gasteiger partial charge on any atom is 0.151 e. The van der Waals surface area contributed by atoms with E-state index >= 15 is 0 Å². The molecule has 0 fully saturated rings. The molecule has 0 rings (SSSR count). The molecule has 0 aromatic carbocycles. The van der Waals surface area contributed by atoms with E-state index in [0.717, 1.165) is 5.75 Å². The second kappa shape index (κ2) is 3.78. The van der Waals surface area contributed by atoms with Crippen molar-refractivity contribution in [3.05, 3.63) is 0 Å². The van der Waals surface area contributed by atoms with Gasteiger partial charge in [-0.3, -0.25) is 5.41 Å². The zero-order chi connectivity index (χ0) is 6.57. The number of thioether (sulfide) groups is 1. The monoisotopic (exact) mass is 132 g/mol. The Labute approximate surface area is 54.3 Å². The first-order valence-corrected chi connectivity index (χ1v) is 3.58. The van der Waals surface area contributed by atoms with E-state index in [0.29, 0.717) is 5.92 Å². The van der Waals surface area contributed by atoms with Gasteiger partial charge >= 0.3 is 0 Å². The summed E-state index contributed by atoms with van der Waals surface area (Å²) in [5.41, 5.74) is 5.09. The Kier molecular flexibility index (Phi) is 3.69. The molecule has 3 N–H and O–H groups in total. The van der Waals surface area contributed by atoms with Gasteiger partial charge in [-0.05, 0) is 5.92 Å². The lowest BCUT2D eigenvalue weighted by atomic mass is 10.3. The zero-order valence-electron chi connectivity index (χ0n) is 5.27. The van der Waals surface area contributed by atoms with E-state index in [-0.39, 0.29) is 5.17 Å². The first-order chi connectivity index (χ1) is 3.63. The Morgan fingerprint density at radius 2 is 2.25 bits per heavy atom. The maximum absolute atomic E-state index is 6.83. The average molecular weight is 132 g/mol. The van der Waals surface area contributed by atoms with Crippen LogP contribution >= 0.6 is 11.8 Å². The molecule has 0 radical (unpaired) electrons. The Morgan fingerprint density at radius 1 is 1.75 bits per heavy atom. The Balaban J connectivity index is 3.05. The highest BCUT2D eigenvalue weighted by molar-refractivity contribution is 8.13. The van der Waals surface area contributed by atoms with E-state index < -0.39 is 0 Å². The summed E-state index contributed by atoms with van der Waals surface area (Å²) in [5, 5.41) is 7.05. The van der Waals surface area contributed by atoms with Crippen molar-refractivity contribution in [3.8, 4) is 0 Å². The summed E-state index contributed by atoms with van der Waals surface area (Å²) >= 11 is 1.40. The van der Waals surface area contributed by atoms with Crippen LogP contribution in [0.1, 0.15) is 13.8 Å². The first-order valence-electron chi connectivity index (χ1n) is 2.59. The number of amidine groups is 1. The lowest BCUT2D eigenvalue weighted by Crippen LogP contribution is -2.06. The molecule has 3 heteroatoms. The standard InChI is InChI=1S/C5H12N2S/c1-4(2)3-8-5(6)7/h4H,3H2,1-2H3,(H3,6,7). The van der Waals surface area contributed by atoms with Gasteiger partial charge in [0.05, 0.1) is 0 Å². The lowest BCUT2D eigenvalue weighted by molar-refractivity contribution is 0.752. The summed E-state index contributed by atoms with van der Waals surface area (Å²) in [6, 6.07) is 0. The van der Waals surface area contributed by atoms with Crippen LogP contribution in [0, 0.1) is 11.3 Å². The van der Waals surface area contributed by atoms with Crippen molar-refractivity contribution in [2.75, 3.05) is 5.75 Å². The van der Waals surface area contributed by atoms with E-state index in [2.05, 4.69) is 13.8 Å². The van der Waals surface area contributed by atoms with Gasteiger partial charge < -0.3 is 5.73 Å². The molecule has 0 spiro atoms. The summed E-state index contributed by atoms with van der Waals surface area (Å²) < 4.78 is 0. The van der Waals surface area contributed by atoms with Crippen LogP contribution in [0.2, 0.25) is 0 Å². The zero-order valence-corrected chi connectivity index (χ0v) is 6.09. The van der Waals surface area contributed by atoms with Crippen molar-refractivity contribution in [3.63, 3.8) is 0 Å². The quantitative estimate of drug-likeness (QED) is 0.439. The molecule has 8 heavy (non-hydrogen) atoms. The maximum atomic E-state index is 6.83. The van der Waals surface area contributed by atoms with Crippen LogP contribution < -0.4 is 5.73 Å². The lowest BCUT2D eigenvalue weighted by Gasteiger charge is -1.99. The number of nitrogens with one attached hydrogen (secondary N) is 1. The van der Waals surface area contributed by atoms with Crippen molar-refractivity contribution in [2.24, 2.45) is 11.7 Å². The molecule has 0 saturated heterocycles. The van der Waals surface area contributed by atoms with Gasteiger partial charge in [-0.15, -0.1) is 0 Å². The molecule has 0 heterocycles. The summed E-state index contributed by atoms with van der Waals surface area (Å²) in [4.78, 5) is 0. The van der Waals surface area contributed by atoms with Crippen LogP contribution in [0.15, 0.2) is 0 Å². The summed E-state index contributed by atoms with van der Waals surface area (Å²) in [5.74, 6) is 1.58. The molecule has 0 aliphatic carbocycles. The smallest absolute Gasteiger partial charge is 0.151 e. The van der Waals surface area contributed by atoms with Gasteiger partial charge in [0.15, 0.2) is 5.17 Å². The molecule has 0 atom stereocenters. The van der Waals surface area contributed by atoms with Crippen LogP contribution in [-0.4, -0.2) is 10.9 Å². The predicted molar refractivity (Wildman–Crippen MR) is 39.2 cm³/mol. The third kappa shape index (κ3) is 5.82. The molecule has 0 amide bonds. The minimum Gasteiger partial charge on any atom is -0.379 e. The summed E-state index contributed by atoms with van der Waals surface area (Å²) in [6.07, 6.45) is 0. The fraction of sp³-hybridized carbons (Fsp3) is 0.800. The highest BCUT2D eigenvalue weighted by Gasteiger charge is 1.93. The predicted octanol–water partition coefficient (Wildman–Crippen LogP) is 1.27. The fourth-order valence-electron chi connectivity index (χ4n) is 0.256. The number of hydrogen-bond donors (Lipinski definition) is 2. The number of hydrogen-bond acceptors (Lipinski definition) is 2. The molecule has 48 valence electrons. The average Bonchev–Trinajstić information content (AvgIpc) is 1.61. The van der Waals surface area contributed by atoms with Gasteiger partial charge in [0.25, 0.3) is 0 Å². The Bertz CT molecular complexity index is 80.5. The topological polar surface area (TPSA) is 49.9 Å². The minimum absolute atomic E-state index is 0.221. The highest BCUT2D eigenvalue weighted by Crippen LogP contribution is 2.04. The number of nitrogens with two attached hydrogens (primary N) is 1. The molecule has 0 aliphatic rings. The summed E-state index contributed by atoms with van der Waals surface area (Å²) in [7, 11) is 0. The fourth-order valence-corrected chi connectivity index (χ4v) is 0.769. The summed E-state index contributed by atoms with van der Waals surface area (Å²) in [6.45, 7) is 4.21. The Hall–Kier alpha value is -0.180. The molecule has 0 aromatic heterocycles. The molecule has 0 unspecified atom stereocenters. The molecular formula is C5H12N2S. The molecule has 0 bridgehead atoms. The van der Waals surface area contributed by atoms with Crippen LogP contribution in [-0.2, 0) is 0 Å². The van der Waals surface area contributed by atoms with Gasteiger partial charge in [0, 0.05) is 5.75 Å². The van der Waals surface area contributed by atoms with Gasteiger partial charge in [-0.1, -0.05) is 25.6 Å². The van der Waals surface area contributed by atoms with Crippen molar-refractivity contribution in [1.29, 1.82) is 5.41 Å². The van der Waals surface area contributed by atoms with E-state index in [1.54, 1.807) is 0 Å².